The smallest absolute Gasteiger partial charge is 0.381 e. The highest BCUT2D eigenvalue weighted by molar-refractivity contribution is 5.92. The van der Waals surface area contributed by atoms with E-state index in [4.69, 9.17) is 4.74 Å². The number of aromatic nitrogens is 3. The van der Waals surface area contributed by atoms with E-state index in [0.717, 1.165) is 12.8 Å². The van der Waals surface area contributed by atoms with Crippen LogP contribution in [0.1, 0.15) is 42.2 Å². The zero-order valence-corrected chi connectivity index (χ0v) is 11.8. The lowest BCUT2D eigenvalue weighted by atomic mass is 10.1. The molecule has 1 amide bonds. The lowest BCUT2D eigenvalue weighted by Gasteiger charge is -2.21. The minimum atomic E-state index is -4.44. The monoisotopic (exact) mass is 318 g/mol. The van der Waals surface area contributed by atoms with Crippen molar-refractivity contribution in [2.24, 2.45) is 5.92 Å². The Bertz CT molecular complexity index is 536. The summed E-state index contributed by atoms with van der Waals surface area (Å²) in [5.41, 5.74) is -0.0820. The van der Waals surface area contributed by atoms with E-state index in [9.17, 15) is 18.0 Å². The van der Waals surface area contributed by atoms with Crippen molar-refractivity contribution in [1.82, 2.24) is 20.3 Å². The zero-order chi connectivity index (χ0) is 15.7. The van der Waals surface area contributed by atoms with E-state index in [1.54, 1.807) is 0 Å². The number of carbonyl (C=O) groups excluding carboxylic acids is 1. The molecule has 0 spiro atoms. The molecule has 1 aromatic rings. The van der Waals surface area contributed by atoms with Gasteiger partial charge in [0.1, 0.15) is 6.04 Å². The van der Waals surface area contributed by atoms with Crippen LogP contribution in [0.4, 0.5) is 13.2 Å². The third kappa shape index (κ3) is 3.40. The van der Waals surface area contributed by atoms with Crippen molar-refractivity contribution in [2.75, 3.05) is 13.2 Å². The average Bonchev–Trinajstić information content (AvgIpc) is 3.19. The maximum Gasteiger partial charge on any atom is 0.408 e. The van der Waals surface area contributed by atoms with Crippen molar-refractivity contribution in [3.8, 4) is 0 Å². The Morgan fingerprint density at radius 2 is 2.00 bits per heavy atom. The second-order valence-electron chi connectivity index (χ2n) is 5.76. The van der Waals surface area contributed by atoms with Gasteiger partial charge in [0.25, 0.3) is 5.91 Å². The molecule has 2 aliphatic rings. The molecule has 22 heavy (non-hydrogen) atoms. The Balaban J connectivity index is 1.66. The van der Waals surface area contributed by atoms with Gasteiger partial charge in [0.15, 0.2) is 5.69 Å². The highest BCUT2D eigenvalue weighted by Gasteiger charge is 2.49. The molecule has 2 fully saturated rings. The van der Waals surface area contributed by atoms with Gasteiger partial charge in [-0.1, -0.05) is 5.21 Å². The molecule has 122 valence electrons. The van der Waals surface area contributed by atoms with Crippen LogP contribution < -0.4 is 5.32 Å². The maximum atomic E-state index is 12.9. The van der Waals surface area contributed by atoms with Gasteiger partial charge in [0.2, 0.25) is 0 Å². The second kappa shape index (κ2) is 5.86. The van der Waals surface area contributed by atoms with Gasteiger partial charge in [-0.3, -0.25) is 4.79 Å². The van der Waals surface area contributed by atoms with Crippen LogP contribution >= 0.6 is 0 Å². The van der Waals surface area contributed by atoms with Gasteiger partial charge < -0.3 is 10.1 Å². The van der Waals surface area contributed by atoms with E-state index in [1.807, 2.05) is 5.32 Å². The van der Waals surface area contributed by atoms with Crippen LogP contribution in [0.2, 0.25) is 0 Å². The van der Waals surface area contributed by atoms with Gasteiger partial charge in [-0.2, -0.15) is 13.2 Å². The number of hydrogen-bond donors (Lipinski definition) is 1. The minimum absolute atomic E-state index is 0.0737. The molecule has 1 N–H and O–H groups in total. The summed E-state index contributed by atoms with van der Waals surface area (Å²) in [5, 5.41) is 9.61. The molecule has 9 heteroatoms. The fraction of sp³-hybridized carbons (Fsp3) is 0.769. The number of hydrogen-bond acceptors (Lipinski definition) is 4. The standard InChI is InChI=1S/C13H17F3N4O2/c14-13(15,16)11(8-1-2-8)17-12(21)10-7-20(19-18-10)9-3-5-22-6-4-9/h7-9,11H,1-6H2,(H,17,21). The topological polar surface area (TPSA) is 69.0 Å². The molecule has 1 saturated carbocycles. The normalized spacial score (nSPS) is 21.6. The van der Waals surface area contributed by atoms with E-state index in [-0.39, 0.29) is 11.7 Å². The number of carbonyl (C=O) groups is 1. The number of ether oxygens (including phenoxy) is 1. The Morgan fingerprint density at radius 1 is 1.32 bits per heavy atom. The Kier molecular flexibility index (Phi) is 4.07. The minimum Gasteiger partial charge on any atom is -0.381 e. The van der Waals surface area contributed by atoms with Gasteiger partial charge in [0.05, 0.1) is 12.2 Å². The summed E-state index contributed by atoms with van der Waals surface area (Å²) >= 11 is 0. The first kappa shape index (κ1) is 15.3. The van der Waals surface area contributed by atoms with Crippen LogP contribution in [0, 0.1) is 5.92 Å². The molecule has 1 aliphatic heterocycles. The fourth-order valence-corrected chi connectivity index (χ4v) is 2.62. The molecule has 1 aliphatic carbocycles. The first-order chi connectivity index (χ1) is 10.4. The largest absolute Gasteiger partial charge is 0.408 e. The predicted molar refractivity (Wildman–Crippen MR) is 69.1 cm³/mol. The van der Waals surface area contributed by atoms with Crippen molar-refractivity contribution >= 4 is 5.91 Å². The Labute approximate surface area is 125 Å². The molecule has 2 heterocycles. The van der Waals surface area contributed by atoms with Crippen molar-refractivity contribution in [3.05, 3.63) is 11.9 Å². The number of nitrogens with zero attached hydrogens (tertiary/aromatic N) is 3. The van der Waals surface area contributed by atoms with Crippen LogP contribution in [0.5, 0.6) is 0 Å². The maximum absolute atomic E-state index is 12.9. The third-order valence-corrected chi connectivity index (χ3v) is 4.04. The lowest BCUT2D eigenvalue weighted by Crippen LogP contribution is -2.47. The summed E-state index contributed by atoms with van der Waals surface area (Å²) in [6.07, 6.45) is -0.563. The summed E-state index contributed by atoms with van der Waals surface area (Å²) in [7, 11) is 0. The van der Waals surface area contributed by atoms with Gasteiger partial charge in [-0.05, 0) is 31.6 Å². The predicted octanol–water partition coefficient (Wildman–Crippen LogP) is 1.70. The van der Waals surface area contributed by atoms with Crippen molar-refractivity contribution in [3.63, 3.8) is 0 Å². The van der Waals surface area contributed by atoms with Crippen molar-refractivity contribution in [1.29, 1.82) is 0 Å². The summed E-state index contributed by atoms with van der Waals surface area (Å²) in [6.45, 7) is 1.20. The highest BCUT2D eigenvalue weighted by Crippen LogP contribution is 2.40. The number of rotatable bonds is 4. The van der Waals surface area contributed by atoms with E-state index in [1.165, 1.54) is 10.9 Å². The van der Waals surface area contributed by atoms with Crippen LogP contribution in [0.25, 0.3) is 0 Å². The zero-order valence-electron chi connectivity index (χ0n) is 11.8. The van der Waals surface area contributed by atoms with Crippen LogP contribution in [0.3, 0.4) is 0 Å². The van der Waals surface area contributed by atoms with Crippen LogP contribution in [-0.4, -0.2) is 46.3 Å². The lowest BCUT2D eigenvalue weighted by molar-refractivity contribution is -0.158. The summed E-state index contributed by atoms with van der Waals surface area (Å²) in [6, 6.07) is -1.72. The quantitative estimate of drug-likeness (QED) is 0.917. The van der Waals surface area contributed by atoms with Gasteiger partial charge in [-0.15, -0.1) is 5.10 Å². The molecule has 3 rings (SSSR count). The average molecular weight is 318 g/mol. The van der Waals surface area contributed by atoms with Crippen LogP contribution in [-0.2, 0) is 4.74 Å². The number of nitrogens with one attached hydrogen (secondary N) is 1. The molecule has 1 unspecified atom stereocenters. The van der Waals surface area contributed by atoms with E-state index in [0.29, 0.717) is 26.1 Å². The molecular formula is C13H17F3N4O2. The van der Waals surface area contributed by atoms with E-state index < -0.39 is 24.0 Å². The molecule has 1 aromatic heterocycles. The summed E-state index contributed by atoms with van der Waals surface area (Å²) in [5.74, 6) is -1.35. The SMILES string of the molecule is O=C(NC(C1CC1)C(F)(F)F)c1cn(C2CCOCC2)nn1. The molecule has 0 bridgehead atoms. The number of amides is 1. The highest BCUT2D eigenvalue weighted by atomic mass is 19.4. The van der Waals surface area contributed by atoms with Crippen molar-refractivity contribution < 1.29 is 22.7 Å². The molecule has 0 radical (unpaired) electrons. The fourth-order valence-electron chi connectivity index (χ4n) is 2.62. The Hall–Kier alpha value is -1.64. The second-order valence-corrected chi connectivity index (χ2v) is 5.76. The first-order valence-electron chi connectivity index (χ1n) is 7.32. The third-order valence-electron chi connectivity index (χ3n) is 4.04. The van der Waals surface area contributed by atoms with Gasteiger partial charge >= 0.3 is 6.18 Å². The molecule has 6 nitrogen and oxygen atoms in total. The summed E-state index contributed by atoms with van der Waals surface area (Å²) in [4.78, 5) is 12.0. The Morgan fingerprint density at radius 3 is 2.59 bits per heavy atom. The number of alkyl halides is 3. The van der Waals surface area contributed by atoms with Crippen LogP contribution in [0.15, 0.2) is 6.20 Å². The number of halogens is 3. The van der Waals surface area contributed by atoms with E-state index in [2.05, 4.69) is 10.3 Å². The van der Waals surface area contributed by atoms with Crippen molar-refractivity contribution in [2.45, 2.75) is 43.9 Å². The van der Waals surface area contributed by atoms with Gasteiger partial charge in [-0.25, -0.2) is 4.68 Å². The van der Waals surface area contributed by atoms with Gasteiger partial charge in [0, 0.05) is 13.2 Å². The molecule has 0 aromatic carbocycles. The molecule has 1 atom stereocenters. The van der Waals surface area contributed by atoms with E-state index >= 15 is 0 Å². The molecule has 1 saturated heterocycles. The first-order valence-corrected chi connectivity index (χ1v) is 7.32. The summed E-state index contributed by atoms with van der Waals surface area (Å²) < 4.78 is 45.5. The molecular weight excluding hydrogens is 301 g/mol.